The molecule has 0 saturated heterocycles. The van der Waals surface area contributed by atoms with Gasteiger partial charge in [-0.15, -0.1) is 0 Å². The third-order valence-electron chi connectivity index (χ3n) is 4.60. The van der Waals surface area contributed by atoms with Gasteiger partial charge in [0.25, 0.3) is 0 Å². The Labute approximate surface area is 161 Å². The van der Waals surface area contributed by atoms with Gasteiger partial charge in [-0.25, -0.2) is 0 Å². The van der Waals surface area contributed by atoms with Gasteiger partial charge in [0.1, 0.15) is 5.75 Å². The molecule has 0 unspecified atom stereocenters. The smallest absolute Gasteiger partial charge is 0.416 e. The Balaban J connectivity index is 1.73. The second-order valence-electron chi connectivity index (χ2n) is 6.79. The van der Waals surface area contributed by atoms with E-state index in [4.69, 9.17) is 4.74 Å². The normalized spacial score (nSPS) is 14.8. The third-order valence-corrected chi connectivity index (χ3v) is 4.60. The molecule has 1 N–H and O–H groups in total. The third kappa shape index (κ3) is 4.92. The summed E-state index contributed by atoms with van der Waals surface area (Å²) in [5.41, 5.74) is 2.53. The summed E-state index contributed by atoms with van der Waals surface area (Å²) in [6, 6.07) is 9.12. The number of ether oxygens (including phenoxy) is 1. The van der Waals surface area contributed by atoms with Gasteiger partial charge < -0.3 is 15.0 Å². The Morgan fingerprint density at radius 2 is 1.96 bits per heavy atom. The molecular weight excluding hydrogens is 369 g/mol. The number of hydrogen-bond acceptors (Lipinski definition) is 3. The Hall–Kier alpha value is -2.80. The van der Waals surface area contributed by atoms with Crippen LogP contribution in [-0.4, -0.2) is 31.5 Å². The predicted molar refractivity (Wildman–Crippen MR) is 102 cm³/mol. The van der Waals surface area contributed by atoms with Crippen LogP contribution >= 0.6 is 0 Å². The first-order valence-corrected chi connectivity index (χ1v) is 8.80. The van der Waals surface area contributed by atoms with Crippen LogP contribution in [0.1, 0.15) is 22.3 Å². The number of amides is 1. The zero-order chi connectivity index (χ0) is 20.3. The van der Waals surface area contributed by atoms with Crippen molar-refractivity contribution in [2.24, 2.45) is 0 Å². The van der Waals surface area contributed by atoms with Crippen molar-refractivity contribution >= 4 is 17.7 Å². The maximum absolute atomic E-state index is 13.0. The largest absolute Gasteiger partial charge is 0.497 e. The molecule has 0 aromatic heterocycles. The summed E-state index contributed by atoms with van der Waals surface area (Å²) in [6.07, 6.45) is -0.579. The minimum Gasteiger partial charge on any atom is -0.497 e. The highest BCUT2D eigenvalue weighted by Crippen LogP contribution is 2.34. The fraction of sp³-hybridized carbons (Fsp3) is 0.286. The van der Waals surface area contributed by atoms with E-state index in [0.717, 1.165) is 37.2 Å². The van der Waals surface area contributed by atoms with Gasteiger partial charge in [-0.3, -0.25) is 4.79 Å². The summed E-state index contributed by atoms with van der Waals surface area (Å²) < 4.78 is 43.8. The zero-order valence-corrected chi connectivity index (χ0v) is 15.6. The number of benzene rings is 2. The second-order valence-corrected chi connectivity index (χ2v) is 6.79. The lowest BCUT2D eigenvalue weighted by Crippen LogP contribution is -2.26. The molecule has 0 atom stereocenters. The molecule has 4 nitrogen and oxygen atoms in total. The average Bonchev–Trinajstić information content (AvgIpc) is 2.65. The van der Waals surface area contributed by atoms with E-state index >= 15 is 0 Å². The summed E-state index contributed by atoms with van der Waals surface area (Å²) in [5, 5.41) is 2.45. The summed E-state index contributed by atoms with van der Waals surface area (Å²) in [7, 11) is 3.33. The number of nitrogens with one attached hydrogen (secondary N) is 1. The van der Waals surface area contributed by atoms with E-state index in [0.29, 0.717) is 0 Å². The maximum Gasteiger partial charge on any atom is 0.416 e. The molecule has 28 heavy (non-hydrogen) atoms. The van der Waals surface area contributed by atoms with Crippen molar-refractivity contribution in [3.05, 3.63) is 64.7 Å². The standard InChI is InChI=1S/C21H21F3N2O2/c1-26-8-7-15-5-3-14(9-16(15)13-26)4-6-20(27)25-18-10-17(21(22,23)24)11-19(12-18)28-2/h3-6,9-12H,7-8,13H2,1-2H3,(H,25,27)/b6-4+. The van der Waals surface area contributed by atoms with Crippen molar-refractivity contribution in [3.63, 3.8) is 0 Å². The number of methoxy groups -OCH3 is 1. The summed E-state index contributed by atoms with van der Waals surface area (Å²) in [4.78, 5) is 14.4. The monoisotopic (exact) mass is 390 g/mol. The first-order valence-electron chi connectivity index (χ1n) is 8.80. The molecule has 2 aromatic rings. The fourth-order valence-corrected chi connectivity index (χ4v) is 3.13. The van der Waals surface area contributed by atoms with Crippen LogP contribution in [0.25, 0.3) is 6.08 Å². The quantitative estimate of drug-likeness (QED) is 0.789. The number of carbonyl (C=O) groups excluding carboxylic acids is 1. The van der Waals surface area contributed by atoms with Crippen LogP contribution in [0.4, 0.5) is 18.9 Å². The molecule has 0 fully saturated rings. The van der Waals surface area contributed by atoms with E-state index < -0.39 is 17.6 Å². The Bertz CT molecular complexity index is 907. The molecule has 0 aliphatic carbocycles. The minimum absolute atomic E-state index is 0.0212. The number of halogens is 3. The van der Waals surface area contributed by atoms with Crippen molar-refractivity contribution in [2.45, 2.75) is 19.1 Å². The number of hydrogen-bond donors (Lipinski definition) is 1. The molecule has 0 radical (unpaired) electrons. The molecule has 2 aromatic carbocycles. The van der Waals surface area contributed by atoms with Gasteiger partial charge in [-0.05, 0) is 48.4 Å². The van der Waals surface area contributed by atoms with Gasteiger partial charge in [0, 0.05) is 30.9 Å². The average molecular weight is 390 g/mol. The van der Waals surface area contributed by atoms with Crippen molar-refractivity contribution in [2.75, 3.05) is 26.0 Å². The number of likely N-dealkylation sites (N-methyl/N-ethyl adjacent to an activating group) is 1. The lowest BCUT2D eigenvalue weighted by Gasteiger charge is -2.25. The minimum atomic E-state index is -4.53. The van der Waals surface area contributed by atoms with E-state index in [1.165, 1.54) is 30.4 Å². The highest BCUT2D eigenvalue weighted by molar-refractivity contribution is 6.02. The molecule has 148 valence electrons. The predicted octanol–water partition coefficient (Wildman–Crippen LogP) is 4.35. The molecule has 7 heteroatoms. The van der Waals surface area contributed by atoms with Crippen LogP contribution < -0.4 is 10.1 Å². The second kappa shape index (κ2) is 8.06. The van der Waals surface area contributed by atoms with Crippen molar-refractivity contribution in [3.8, 4) is 5.75 Å². The van der Waals surface area contributed by atoms with E-state index in [9.17, 15) is 18.0 Å². The SMILES string of the molecule is COc1cc(NC(=O)/C=C/c2ccc3c(c2)CN(C)CC3)cc(C(F)(F)F)c1. The van der Waals surface area contributed by atoms with E-state index in [1.807, 2.05) is 12.1 Å². The summed E-state index contributed by atoms with van der Waals surface area (Å²) in [5.74, 6) is -0.496. The lowest BCUT2D eigenvalue weighted by molar-refractivity contribution is -0.137. The van der Waals surface area contributed by atoms with E-state index in [-0.39, 0.29) is 11.4 Å². The van der Waals surface area contributed by atoms with E-state index in [1.54, 1.807) is 6.08 Å². The lowest BCUT2D eigenvalue weighted by atomic mass is 9.97. The van der Waals surface area contributed by atoms with Crippen molar-refractivity contribution in [1.82, 2.24) is 4.90 Å². The first-order chi connectivity index (χ1) is 13.2. The van der Waals surface area contributed by atoms with Crippen LogP contribution in [0, 0.1) is 0 Å². The highest BCUT2D eigenvalue weighted by atomic mass is 19.4. The molecule has 0 bridgehead atoms. The highest BCUT2D eigenvalue weighted by Gasteiger charge is 2.31. The molecule has 3 rings (SSSR count). The van der Waals surface area contributed by atoms with Crippen LogP contribution in [-0.2, 0) is 23.9 Å². The van der Waals surface area contributed by atoms with Gasteiger partial charge >= 0.3 is 6.18 Å². The van der Waals surface area contributed by atoms with Crippen LogP contribution in [0.5, 0.6) is 5.75 Å². The van der Waals surface area contributed by atoms with Gasteiger partial charge in [-0.1, -0.05) is 18.2 Å². The molecule has 1 heterocycles. The first kappa shape index (κ1) is 19.9. The molecule has 1 aliphatic heterocycles. The van der Waals surface area contributed by atoms with Gasteiger partial charge in [0.2, 0.25) is 5.91 Å². The zero-order valence-electron chi connectivity index (χ0n) is 15.6. The molecular formula is C21H21F3N2O2. The summed E-state index contributed by atoms with van der Waals surface area (Å²) >= 11 is 0. The number of anilines is 1. The van der Waals surface area contributed by atoms with Crippen LogP contribution in [0.15, 0.2) is 42.5 Å². The number of alkyl halides is 3. The number of rotatable bonds is 4. The molecule has 1 aliphatic rings. The number of nitrogens with zero attached hydrogens (tertiary/aromatic N) is 1. The van der Waals surface area contributed by atoms with Gasteiger partial charge in [0.05, 0.1) is 12.7 Å². The van der Waals surface area contributed by atoms with Crippen LogP contribution in [0.2, 0.25) is 0 Å². The Morgan fingerprint density at radius 1 is 1.18 bits per heavy atom. The maximum atomic E-state index is 13.0. The Morgan fingerprint density at radius 3 is 2.68 bits per heavy atom. The van der Waals surface area contributed by atoms with E-state index in [2.05, 4.69) is 23.3 Å². The summed E-state index contributed by atoms with van der Waals surface area (Å²) in [6.45, 7) is 1.87. The van der Waals surface area contributed by atoms with Gasteiger partial charge in [0.15, 0.2) is 0 Å². The number of carbonyl (C=O) groups is 1. The molecule has 1 amide bonds. The molecule has 0 spiro atoms. The van der Waals surface area contributed by atoms with Crippen molar-refractivity contribution < 1.29 is 22.7 Å². The van der Waals surface area contributed by atoms with Gasteiger partial charge in [-0.2, -0.15) is 13.2 Å². The molecule has 0 saturated carbocycles. The van der Waals surface area contributed by atoms with Crippen LogP contribution in [0.3, 0.4) is 0 Å². The topological polar surface area (TPSA) is 41.6 Å². The van der Waals surface area contributed by atoms with Crippen molar-refractivity contribution in [1.29, 1.82) is 0 Å². The fourth-order valence-electron chi connectivity index (χ4n) is 3.13. The number of fused-ring (bicyclic) bond motifs is 1. The Kier molecular flexibility index (Phi) is 5.74.